The molecule has 0 aliphatic carbocycles. The molecule has 0 fully saturated rings. The molecule has 1 aromatic carbocycles. The van der Waals surface area contributed by atoms with Crippen LogP contribution in [0.3, 0.4) is 0 Å². The Morgan fingerprint density at radius 3 is 2.29 bits per heavy atom. The molecule has 0 spiro atoms. The standard InChI is InChI=1S/C14H12N2O5/c17-10-3-9(4-11(18)5-10)13(19)16-7-8-1-2-12(14(20)21)15-6-8/h1-6,17-18H,7H2,(H,16,19)(H,20,21). The molecule has 0 bridgehead atoms. The highest BCUT2D eigenvalue weighted by molar-refractivity contribution is 5.95. The van der Waals surface area contributed by atoms with Crippen LogP contribution in [0.15, 0.2) is 36.5 Å². The average Bonchev–Trinajstić information content (AvgIpc) is 2.44. The minimum atomic E-state index is -1.12. The number of nitrogens with zero attached hydrogens (tertiary/aromatic N) is 1. The molecule has 0 atom stereocenters. The van der Waals surface area contributed by atoms with E-state index < -0.39 is 11.9 Å². The molecule has 1 heterocycles. The van der Waals surface area contributed by atoms with E-state index in [0.717, 1.165) is 6.07 Å². The zero-order valence-electron chi connectivity index (χ0n) is 10.8. The number of nitrogens with one attached hydrogen (secondary N) is 1. The van der Waals surface area contributed by atoms with E-state index in [0.29, 0.717) is 5.56 Å². The van der Waals surface area contributed by atoms with Crippen molar-refractivity contribution in [1.82, 2.24) is 10.3 Å². The Labute approximate surface area is 119 Å². The second kappa shape index (κ2) is 5.91. The molecule has 1 aromatic heterocycles. The first-order valence-electron chi connectivity index (χ1n) is 5.95. The van der Waals surface area contributed by atoms with E-state index in [4.69, 9.17) is 5.11 Å². The third-order valence-electron chi connectivity index (χ3n) is 2.66. The molecular weight excluding hydrogens is 276 g/mol. The Morgan fingerprint density at radius 1 is 1.10 bits per heavy atom. The van der Waals surface area contributed by atoms with Crippen LogP contribution in [0.25, 0.3) is 0 Å². The van der Waals surface area contributed by atoms with Gasteiger partial charge < -0.3 is 20.6 Å². The van der Waals surface area contributed by atoms with Gasteiger partial charge in [0, 0.05) is 24.4 Å². The fourth-order valence-corrected chi connectivity index (χ4v) is 1.67. The Bertz CT molecular complexity index is 662. The molecule has 0 saturated heterocycles. The van der Waals surface area contributed by atoms with Crippen molar-refractivity contribution in [2.75, 3.05) is 0 Å². The van der Waals surface area contributed by atoms with Gasteiger partial charge in [-0.05, 0) is 23.8 Å². The topological polar surface area (TPSA) is 120 Å². The molecule has 1 amide bonds. The number of carbonyl (C=O) groups is 2. The van der Waals surface area contributed by atoms with Gasteiger partial charge in [-0.25, -0.2) is 9.78 Å². The number of hydrogen-bond donors (Lipinski definition) is 4. The predicted molar refractivity (Wildman–Crippen MR) is 72.1 cm³/mol. The van der Waals surface area contributed by atoms with Gasteiger partial charge in [-0.3, -0.25) is 4.79 Å². The van der Waals surface area contributed by atoms with Crippen LogP contribution in [-0.4, -0.2) is 32.2 Å². The summed E-state index contributed by atoms with van der Waals surface area (Å²) >= 11 is 0. The Kier molecular flexibility index (Phi) is 4.03. The number of carboxylic acid groups (broad SMARTS) is 1. The van der Waals surface area contributed by atoms with E-state index in [-0.39, 0.29) is 29.3 Å². The number of phenolic OH excluding ortho intramolecular Hbond substituents is 2. The van der Waals surface area contributed by atoms with Gasteiger partial charge >= 0.3 is 5.97 Å². The number of aromatic nitrogens is 1. The fourth-order valence-electron chi connectivity index (χ4n) is 1.67. The highest BCUT2D eigenvalue weighted by Crippen LogP contribution is 2.20. The molecule has 7 heteroatoms. The Morgan fingerprint density at radius 2 is 1.76 bits per heavy atom. The van der Waals surface area contributed by atoms with Crippen molar-refractivity contribution in [2.45, 2.75) is 6.54 Å². The summed E-state index contributed by atoms with van der Waals surface area (Å²) in [6, 6.07) is 6.44. The average molecular weight is 288 g/mol. The molecule has 0 aliphatic heterocycles. The first-order valence-corrected chi connectivity index (χ1v) is 5.95. The molecule has 7 nitrogen and oxygen atoms in total. The highest BCUT2D eigenvalue weighted by atomic mass is 16.4. The maximum Gasteiger partial charge on any atom is 0.354 e. The second-order valence-corrected chi connectivity index (χ2v) is 4.28. The van der Waals surface area contributed by atoms with Gasteiger partial charge in [0.15, 0.2) is 0 Å². The SMILES string of the molecule is O=C(NCc1ccc(C(=O)O)nc1)c1cc(O)cc(O)c1. The summed E-state index contributed by atoms with van der Waals surface area (Å²) < 4.78 is 0. The third kappa shape index (κ3) is 3.69. The largest absolute Gasteiger partial charge is 0.508 e. The van der Waals surface area contributed by atoms with Crippen molar-refractivity contribution in [3.63, 3.8) is 0 Å². The van der Waals surface area contributed by atoms with Crippen LogP contribution in [0.5, 0.6) is 11.5 Å². The molecule has 108 valence electrons. The predicted octanol–water partition coefficient (Wildman–Crippen LogP) is 1.12. The molecule has 0 aliphatic rings. The number of hydrogen-bond acceptors (Lipinski definition) is 5. The maximum absolute atomic E-state index is 11.8. The summed E-state index contributed by atoms with van der Waals surface area (Å²) in [4.78, 5) is 26.2. The van der Waals surface area contributed by atoms with Crippen LogP contribution in [0, 0.1) is 0 Å². The number of carbonyl (C=O) groups excluding carboxylic acids is 1. The Balaban J connectivity index is 2.02. The first-order chi connectivity index (χ1) is 9.95. The lowest BCUT2D eigenvalue weighted by Crippen LogP contribution is -2.22. The second-order valence-electron chi connectivity index (χ2n) is 4.28. The molecule has 4 N–H and O–H groups in total. The van der Waals surface area contributed by atoms with E-state index in [1.807, 2.05) is 0 Å². The van der Waals surface area contributed by atoms with Gasteiger partial charge in [0.05, 0.1) is 0 Å². The van der Waals surface area contributed by atoms with Crippen molar-refractivity contribution < 1.29 is 24.9 Å². The first kappa shape index (κ1) is 14.3. The fraction of sp³-hybridized carbons (Fsp3) is 0.0714. The van der Waals surface area contributed by atoms with E-state index in [1.165, 1.54) is 30.5 Å². The van der Waals surface area contributed by atoms with Crippen molar-refractivity contribution >= 4 is 11.9 Å². The number of rotatable bonds is 4. The summed E-state index contributed by atoms with van der Waals surface area (Å²) in [5.41, 5.74) is 0.656. The summed E-state index contributed by atoms with van der Waals surface area (Å²) in [6.45, 7) is 0.141. The third-order valence-corrected chi connectivity index (χ3v) is 2.66. The van der Waals surface area contributed by atoms with Crippen LogP contribution in [0.2, 0.25) is 0 Å². The molecule has 0 saturated carbocycles. The number of carboxylic acids is 1. The molecule has 0 unspecified atom stereocenters. The van der Waals surface area contributed by atoms with Gasteiger partial charge in [0.2, 0.25) is 0 Å². The molecular formula is C14H12N2O5. The van der Waals surface area contributed by atoms with Crippen molar-refractivity contribution in [1.29, 1.82) is 0 Å². The molecule has 0 radical (unpaired) electrons. The van der Waals surface area contributed by atoms with Gasteiger partial charge in [-0.2, -0.15) is 0 Å². The van der Waals surface area contributed by atoms with Crippen molar-refractivity contribution in [2.24, 2.45) is 0 Å². The van der Waals surface area contributed by atoms with E-state index in [9.17, 15) is 19.8 Å². The molecule has 21 heavy (non-hydrogen) atoms. The lowest BCUT2D eigenvalue weighted by molar-refractivity contribution is 0.0690. The number of phenols is 2. The quantitative estimate of drug-likeness (QED) is 0.669. The smallest absolute Gasteiger partial charge is 0.354 e. The minimum absolute atomic E-state index is 0.0806. The summed E-state index contributed by atoms with van der Waals surface area (Å²) in [6.07, 6.45) is 1.35. The number of aromatic carboxylic acids is 1. The molecule has 2 rings (SSSR count). The van der Waals surface area contributed by atoms with Gasteiger partial charge in [-0.15, -0.1) is 0 Å². The van der Waals surface area contributed by atoms with Crippen LogP contribution in [0.4, 0.5) is 0 Å². The van der Waals surface area contributed by atoms with Crippen LogP contribution in [-0.2, 0) is 6.54 Å². The van der Waals surface area contributed by atoms with E-state index in [1.54, 1.807) is 0 Å². The van der Waals surface area contributed by atoms with E-state index >= 15 is 0 Å². The summed E-state index contributed by atoms with van der Waals surface area (Å²) in [7, 11) is 0. The van der Waals surface area contributed by atoms with Crippen LogP contribution in [0.1, 0.15) is 26.4 Å². The van der Waals surface area contributed by atoms with E-state index in [2.05, 4.69) is 10.3 Å². The summed E-state index contributed by atoms with van der Waals surface area (Å²) in [5.74, 6) is -2.04. The number of aromatic hydroxyl groups is 2. The zero-order chi connectivity index (χ0) is 15.4. The number of pyridine rings is 1. The Hall–Kier alpha value is -3.09. The lowest BCUT2D eigenvalue weighted by atomic mass is 10.2. The van der Waals surface area contributed by atoms with Crippen LogP contribution < -0.4 is 5.32 Å². The maximum atomic E-state index is 11.8. The lowest BCUT2D eigenvalue weighted by Gasteiger charge is -2.06. The van der Waals surface area contributed by atoms with Gasteiger partial charge in [-0.1, -0.05) is 6.07 Å². The normalized spacial score (nSPS) is 10.1. The van der Waals surface area contributed by atoms with Gasteiger partial charge in [0.25, 0.3) is 5.91 Å². The van der Waals surface area contributed by atoms with Crippen molar-refractivity contribution in [3.05, 3.63) is 53.3 Å². The molecule has 2 aromatic rings. The monoisotopic (exact) mass is 288 g/mol. The van der Waals surface area contributed by atoms with Crippen molar-refractivity contribution in [3.8, 4) is 11.5 Å². The number of amides is 1. The highest BCUT2D eigenvalue weighted by Gasteiger charge is 2.09. The van der Waals surface area contributed by atoms with Gasteiger partial charge in [0.1, 0.15) is 17.2 Å². The zero-order valence-corrected chi connectivity index (χ0v) is 10.8. The summed E-state index contributed by atoms with van der Waals surface area (Å²) in [5, 5.41) is 29.9. The minimum Gasteiger partial charge on any atom is -0.508 e. The number of benzene rings is 1. The van der Waals surface area contributed by atoms with Crippen LogP contribution >= 0.6 is 0 Å².